The molecule has 1 aliphatic rings. The van der Waals surface area contributed by atoms with Gasteiger partial charge in [0.2, 0.25) is 5.91 Å². The molecule has 3 rings (SSSR count). The Morgan fingerprint density at radius 3 is 2.37 bits per heavy atom. The predicted octanol–water partition coefficient (Wildman–Crippen LogP) is 3.65. The zero-order valence-corrected chi connectivity index (χ0v) is 17.7. The monoisotopic (exact) mass is 408 g/mol. The van der Waals surface area contributed by atoms with Crippen LogP contribution in [0, 0.1) is 12.8 Å². The van der Waals surface area contributed by atoms with Crippen LogP contribution in [0.25, 0.3) is 0 Å². The van der Waals surface area contributed by atoms with Gasteiger partial charge in [-0.1, -0.05) is 50.2 Å². The SMILES string of the molecule is CCc1cccc(CC)c1NC(=O)COC(=O)[C@@H]1CC(=O)N(c2ccccc2C)C1. The number of amides is 2. The Hall–Kier alpha value is -3.15. The maximum absolute atomic E-state index is 12.5. The number of ether oxygens (including phenoxy) is 1. The van der Waals surface area contributed by atoms with Gasteiger partial charge in [-0.05, 0) is 42.5 Å². The number of esters is 1. The summed E-state index contributed by atoms with van der Waals surface area (Å²) in [4.78, 5) is 38.9. The summed E-state index contributed by atoms with van der Waals surface area (Å²) >= 11 is 0. The van der Waals surface area contributed by atoms with E-state index in [2.05, 4.69) is 5.32 Å². The zero-order chi connectivity index (χ0) is 21.7. The van der Waals surface area contributed by atoms with Crippen molar-refractivity contribution >= 4 is 29.2 Å². The van der Waals surface area contributed by atoms with Gasteiger partial charge < -0.3 is 15.0 Å². The fourth-order valence-corrected chi connectivity index (χ4v) is 3.80. The molecule has 0 spiro atoms. The molecular weight excluding hydrogens is 380 g/mol. The minimum Gasteiger partial charge on any atom is -0.455 e. The van der Waals surface area contributed by atoms with Gasteiger partial charge in [0.1, 0.15) is 0 Å². The molecule has 2 amide bonds. The first-order valence-electron chi connectivity index (χ1n) is 10.4. The Kier molecular flexibility index (Phi) is 6.87. The fourth-order valence-electron chi connectivity index (χ4n) is 3.80. The molecule has 2 aromatic rings. The molecule has 1 atom stereocenters. The summed E-state index contributed by atoms with van der Waals surface area (Å²) < 4.78 is 5.24. The van der Waals surface area contributed by atoms with Crippen LogP contribution in [0.3, 0.4) is 0 Å². The first kappa shape index (κ1) is 21.6. The molecule has 1 aliphatic heterocycles. The normalized spacial score (nSPS) is 15.9. The second kappa shape index (κ2) is 9.57. The summed E-state index contributed by atoms with van der Waals surface area (Å²) in [6, 6.07) is 13.5. The van der Waals surface area contributed by atoms with E-state index in [0.29, 0.717) is 0 Å². The molecule has 0 bridgehead atoms. The molecule has 2 aromatic carbocycles. The number of para-hydroxylation sites is 2. The van der Waals surface area contributed by atoms with Crippen LogP contribution in [0.4, 0.5) is 11.4 Å². The number of rotatable bonds is 7. The molecule has 0 unspecified atom stereocenters. The fraction of sp³-hybridized carbons (Fsp3) is 0.375. The van der Waals surface area contributed by atoms with Crippen LogP contribution in [0.1, 0.15) is 37.0 Å². The molecule has 1 saturated heterocycles. The maximum Gasteiger partial charge on any atom is 0.311 e. The third kappa shape index (κ3) is 4.70. The van der Waals surface area contributed by atoms with Crippen molar-refractivity contribution in [3.63, 3.8) is 0 Å². The van der Waals surface area contributed by atoms with Gasteiger partial charge >= 0.3 is 5.97 Å². The average Bonchev–Trinajstić information content (AvgIpc) is 3.14. The van der Waals surface area contributed by atoms with E-state index in [1.165, 1.54) is 0 Å². The molecule has 158 valence electrons. The highest BCUT2D eigenvalue weighted by atomic mass is 16.5. The number of benzene rings is 2. The van der Waals surface area contributed by atoms with Crippen LogP contribution >= 0.6 is 0 Å². The van der Waals surface area contributed by atoms with Crippen LogP contribution in [0.5, 0.6) is 0 Å². The van der Waals surface area contributed by atoms with Gasteiger partial charge in [0, 0.05) is 24.3 Å². The molecule has 1 fully saturated rings. The van der Waals surface area contributed by atoms with Crippen LogP contribution in [0.2, 0.25) is 0 Å². The Morgan fingerprint density at radius 1 is 1.07 bits per heavy atom. The van der Waals surface area contributed by atoms with E-state index < -0.39 is 11.9 Å². The van der Waals surface area contributed by atoms with Gasteiger partial charge in [-0.15, -0.1) is 0 Å². The van der Waals surface area contributed by atoms with Gasteiger partial charge in [0.05, 0.1) is 5.92 Å². The maximum atomic E-state index is 12.5. The van der Waals surface area contributed by atoms with Gasteiger partial charge in [-0.2, -0.15) is 0 Å². The standard InChI is InChI=1S/C24H28N2O4/c1-4-17-10-8-11-18(5-2)23(17)25-21(27)15-30-24(29)19-13-22(28)26(14-19)20-12-7-6-9-16(20)3/h6-12,19H,4-5,13-15H2,1-3H3,(H,25,27)/t19-/m1/s1. The van der Waals surface area contributed by atoms with Crippen molar-refractivity contribution in [1.29, 1.82) is 0 Å². The van der Waals surface area contributed by atoms with Crippen LogP contribution in [0.15, 0.2) is 42.5 Å². The summed E-state index contributed by atoms with van der Waals surface area (Å²) in [7, 11) is 0. The first-order chi connectivity index (χ1) is 14.4. The van der Waals surface area contributed by atoms with Gasteiger partial charge in [-0.3, -0.25) is 14.4 Å². The lowest BCUT2D eigenvalue weighted by molar-refractivity contribution is -0.151. The van der Waals surface area contributed by atoms with Gasteiger partial charge in [-0.25, -0.2) is 0 Å². The molecule has 30 heavy (non-hydrogen) atoms. The quantitative estimate of drug-likeness (QED) is 0.710. The smallest absolute Gasteiger partial charge is 0.311 e. The molecule has 1 N–H and O–H groups in total. The molecule has 0 aliphatic carbocycles. The van der Waals surface area contributed by atoms with Crippen molar-refractivity contribution in [2.45, 2.75) is 40.0 Å². The number of carbonyl (C=O) groups excluding carboxylic acids is 3. The molecule has 0 saturated carbocycles. The van der Waals surface area contributed by atoms with E-state index >= 15 is 0 Å². The number of anilines is 2. The minimum atomic E-state index is -0.570. The van der Waals surface area contributed by atoms with E-state index in [1.54, 1.807) is 4.90 Å². The van der Waals surface area contributed by atoms with Gasteiger partial charge in [0.15, 0.2) is 6.61 Å². The Morgan fingerprint density at radius 2 is 1.73 bits per heavy atom. The van der Waals surface area contributed by atoms with Crippen molar-refractivity contribution < 1.29 is 19.1 Å². The highest BCUT2D eigenvalue weighted by molar-refractivity contribution is 6.00. The van der Waals surface area contributed by atoms with Crippen LogP contribution < -0.4 is 10.2 Å². The lowest BCUT2D eigenvalue weighted by atomic mass is 10.0. The van der Waals surface area contributed by atoms with Crippen molar-refractivity contribution in [3.05, 3.63) is 59.2 Å². The molecular formula is C24H28N2O4. The second-order valence-corrected chi connectivity index (χ2v) is 7.51. The molecule has 0 radical (unpaired) electrons. The summed E-state index contributed by atoms with van der Waals surface area (Å²) in [6.07, 6.45) is 1.68. The largest absolute Gasteiger partial charge is 0.455 e. The third-order valence-corrected chi connectivity index (χ3v) is 5.47. The Bertz CT molecular complexity index is 932. The third-order valence-electron chi connectivity index (χ3n) is 5.47. The van der Waals surface area contributed by atoms with Crippen molar-refractivity contribution in [1.82, 2.24) is 0 Å². The van der Waals surface area contributed by atoms with E-state index in [-0.39, 0.29) is 31.4 Å². The molecule has 6 nitrogen and oxygen atoms in total. The van der Waals surface area contributed by atoms with Crippen LogP contribution in [-0.4, -0.2) is 30.9 Å². The van der Waals surface area contributed by atoms with E-state index in [1.807, 2.05) is 63.2 Å². The number of hydrogen-bond acceptors (Lipinski definition) is 4. The summed E-state index contributed by atoms with van der Waals surface area (Å²) in [5.41, 5.74) is 4.67. The highest BCUT2D eigenvalue weighted by Crippen LogP contribution is 2.28. The lowest BCUT2D eigenvalue weighted by Gasteiger charge is -2.18. The van der Waals surface area contributed by atoms with Crippen LogP contribution in [-0.2, 0) is 32.0 Å². The first-order valence-corrected chi connectivity index (χ1v) is 10.4. The van der Waals surface area contributed by atoms with E-state index in [4.69, 9.17) is 4.74 Å². The Balaban J connectivity index is 1.58. The van der Waals surface area contributed by atoms with Crippen molar-refractivity contribution in [2.75, 3.05) is 23.4 Å². The highest BCUT2D eigenvalue weighted by Gasteiger charge is 2.36. The number of carbonyl (C=O) groups is 3. The summed E-state index contributed by atoms with van der Waals surface area (Å²) in [5.74, 6) is -1.58. The average molecular weight is 408 g/mol. The number of nitrogens with one attached hydrogen (secondary N) is 1. The number of hydrogen-bond donors (Lipinski definition) is 1. The Labute approximate surface area is 177 Å². The molecule has 1 heterocycles. The summed E-state index contributed by atoms with van der Waals surface area (Å²) in [6.45, 7) is 5.89. The second-order valence-electron chi connectivity index (χ2n) is 7.51. The molecule has 6 heteroatoms. The van der Waals surface area contributed by atoms with E-state index in [9.17, 15) is 14.4 Å². The van der Waals surface area contributed by atoms with E-state index in [0.717, 1.165) is 40.9 Å². The summed E-state index contributed by atoms with van der Waals surface area (Å²) in [5, 5.41) is 2.88. The number of nitrogens with zero attached hydrogens (tertiary/aromatic N) is 1. The van der Waals surface area contributed by atoms with Crippen molar-refractivity contribution in [3.8, 4) is 0 Å². The zero-order valence-electron chi connectivity index (χ0n) is 17.7. The predicted molar refractivity (Wildman–Crippen MR) is 116 cm³/mol. The number of aryl methyl sites for hydroxylation is 3. The lowest BCUT2D eigenvalue weighted by Crippen LogP contribution is -2.28. The minimum absolute atomic E-state index is 0.0907. The molecule has 0 aromatic heterocycles. The van der Waals surface area contributed by atoms with Gasteiger partial charge in [0.25, 0.3) is 5.91 Å². The topological polar surface area (TPSA) is 75.7 Å². The van der Waals surface area contributed by atoms with Crippen molar-refractivity contribution in [2.24, 2.45) is 5.92 Å².